The Balaban J connectivity index is 0.00000400. The molecule has 0 spiro atoms. The number of hydrogen-bond acceptors (Lipinski definition) is 5. The van der Waals surface area contributed by atoms with Crippen LogP contribution in [0.5, 0.6) is 5.75 Å². The summed E-state index contributed by atoms with van der Waals surface area (Å²) in [6, 6.07) is 7.09. The van der Waals surface area contributed by atoms with Gasteiger partial charge in [-0.15, -0.1) is 12.4 Å². The maximum atomic E-state index is 11.6. The molecule has 1 rings (SSSR count). The number of amides is 1. The van der Waals surface area contributed by atoms with Crippen molar-refractivity contribution in [2.75, 3.05) is 13.7 Å². The quantitative estimate of drug-likeness (QED) is 0.764. The van der Waals surface area contributed by atoms with Crippen LogP contribution in [0.4, 0.5) is 0 Å². The van der Waals surface area contributed by atoms with Crippen LogP contribution in [0.3, 0.4) is 0 Å². The van der Waals surface area contributed by atoms with E-state index in [0.29, 0.717) is 12.3 Å². The lowest BCUT2D eigenvalue weighted by Crippen LogP contribution is -2.48. The lowest BCUT2D eigenvalue weighted by Gasteiger charge is -2.17. The van der Waals surface area contributed by atoms with E-state index in [0.717, 1.165) is 5.56 Å². The van der Waals surface area contributed by atoms with Crippen molar-refractivity contribution >= 4 is 24.3 Å². The van der Waals surface area contributed by atoms with Crippen molar-refractivity contribution < 1.29 is 19.1 Å². The van der Waals surface area contributed by atoms with Gasteiger partial charge in [-0.05, 0) is 31.5 Å². The third-order valence-electron chi connectivity index (χ3n) is 2.52. The maximum Gasteiger partial charge on any atom is 0.343 e. The summed E-state index contributed by atoms with van der Waals surface area (Å²) in [5.41, 5.74) is 5.62. The van der Waals surface area contributed by atoms with Crippen LogP contribution in [0, 0.1) is 0 Å². The molecule has 21 heavy (non-hydrogen) atoms. The summed E-state index contributed by atoms with van der Waals surface area (Å²) < 4.78 is 9.75. The first-order chi connectivity index (χ1) is 9.32. The number of esters is 1. The third-order valence-corrected chi connectivity index (χ3v) is 2.52. The molecule has 0 aliphatic heterocycles. The summed E-state index contributed by atoms with van der Waals surface area (Å²) in [5, 5.41) is 2.73. The zero-order chi connectivity index (χ0) is 15.2. The molecule has 0 atom stereocenters. The molecule has 0 saturated carbocycles. The summed E-state index contributed by atoms with van der Waals surface area (Å²) in [5.74, 6) is -0.152. The Morgan fingerprint density at radius 3 is 2.57 bits per heavy atom. The molecule has 0 bridgehead atoms. The summed E-state index contributed by atoms with van der Waals surface area (Å²) in [6.07, 6.45) is 0. The number of halogens is 1. The molecule has 1 aromatic carbocycles. The van der Waals surface area contributed by atoms with Crippen LogP contribution < -0.4 is 15.8 Å². The van der Waals surface area contributed by atoms with Gasteiger partial charge in [-0.1, -0.05) is 12.1 Å². The van der Waals surface area contributed by atoms with Crippen LogP contribution in [0.2, 0.25) is 0 Å². The molecule has 0 aromatic heterocycles. The van der Waals surface area contributed by atoms with E-state index in [2.05, 4.69) is 10.1 Å². The van der Waals surface area contributed by atoms with Gasteiger partial charge in [-0.3, -0.25) is 4.79 Å². The predicted molar refractivity (Wildman–Crippen MR) is 81.3 cm³/mol. The number of rotatable bonds is 6. The summed E-state index contributed by atoms with van der Waals surface area (Å²) >= 11 is 0. The van der Waals surface area contributed by atoms with Crippen LogP contribution in [0.25, 0.3) is 0 Å². The number of hydrogen-bond donors (Lipinski definition) is 2. The van der Waals surface area contributed by atoms with Crippen LogP contribution >= 0.6 is 12.4 Å². The molecular weight excluding hydrogens is 296 g/mol. The van der Waals surface area contributed by atoms with Gasteiger partial charge in [0.25, 0.3) is 0 Å². The fourth-order valence-electron chi connectivity index (χ4n) is 1.36. The highest BCUT2D eigenvalue weighted by Gasteiger charge is 2.21. The molecule has 1 aromatic rings. The van der Waals surface area contributed by atoms with Gasteiger partial charge >= 0.3 is 5.97 Å². The number of ether oxygens (including phenoxy) is 2. The predicted octanol–water partition coefficient (Wildman–Crippen LogP) is 1.01. The first kappa shape index (κ1) is 19.2. The summed E-state index contributed by atoms with van der Waals surface area (Å²) in [6.45, 7) is 3.47. The van der Waals surface area contributed by atoms with Gasteiger partial charge < -0.3 is 20.5 Å². The van der Waals surface area contributed by atoms with Gasteiger partial charge in [-0.25, -0.2) is 4.79 Å². The zero-order valence-corrected chi connectivity index (χ0v) is 13.2. The Morgan fingerprint density at radius 2 is 2.00 bits per heavy atom. The fraction of sp³-hybridized carbons (Fsp3) is 0.429. The smallest absolute Gasteiger partial charge is 0.343 e. The Labute approximate surface area is 130 Å². The van der Waals surface area contributed by atoms with Crippen LogP contribution in [-0.4, -0.2) is 31.1 Å². The Kier molecular flexibility index (Phi) is 7.76. The van der Waals surface area contributed by atoms with Crippen molar-refractivity contribution in [2.45, 2.75) is 25.9 Å². The molecule has 0 saturated heterocycles. The minimum atomic E-state index is -0.918. The van der Waals surface area contributed by atoms with Gasteiger partial charge in [-0.2, -0.15) is 0 Å². The average Bonchev–Trinajstić information content (AvgIpc) is 2.41. The highest BCUT2D eigenvalue weighted by atomic mass is 35.5. The molecule has 0 aliphatic carbocycles. The molecule has 0 fully saturated rings. The van der Waals surface area contributed by atoms with Crippen molar-refractivity contribution in [3.8, 4) is 5.75 Å². The third kappa shape index (κ3) is 6.97. The molecule has 3 N–H and O–H groups in total. The molecule has 7 heteroatoms. The zero-order valence-electron chi connectivity index (χ0n) is 12.3. The average molecular weight is 317 g/mol. The molecule has 0 unspecified atom stereocenters. The molecule has 0 heterocycles. The number of nitrogens with two attached hydrogens (primary N) is 1. The second-order valence-corrected chi connectivity index (χ2v) is 4.92. The van der Waals surface area contributed by atoms with E-state index in [1.807, 2.05) is 6.07 Å². The first-order valence-electron chi connectivity index (χ1n) is 6.18. The Morgan fingerprint density at radius 1 is 1.33 bits per heavy atom. The molecule has 0 radical (unpaired) electrons. The van der Waals surface area contributed by atoms with E-state index in [1.165, 1.54) is 7.11 Å². The lowest BCUT2D eigenvalue weighted by molar-refractivity contribution is -0.142. The van der Waals surface area contributed by atoms with Gasteiger partial charge in [0.2, 0.25) is 5.91 Å². The van der Waals surface area contributed by atoms with E-state index in [-0.39, 0.29) is 24.9 Å². The van der Waals surface area contributed by atoms with Crippen molar-refractivity contribution in [3.63, 3.8) is 0 Å². The normalized spacial score (nSPS) is 10.3. The first-order valence-corrected chi connectivity index (χ1v) is 6.18. The summed E-state index contributed by atoms with van der Waals surface area (Å²) in [4.78, 5) is 22.6. The van der Waals surface area contributed by atoms with Crippen LogP contribution in [0.15, 0.2) is 24.3 Å². The van der Waals surface area contributed by atoms with E-state index in [4.69, 9.17) is 10.5 Å². The minimum absolute atomic E-state index is 0. The number of carbonyl (C=O) groups excluding carboxylic acids is 2. The second kappa shape index (κ2) is 8.49. The van der Waals surface area contributed by atoms with Crippen molar-refractivity contribution in [1.82, 2.24) is 5.32 Å². The highest BCUT2D eigenvalue weighted by molar-refractivity contribution is 5.85. The fourth-order valence-corrected chi connectivity index (χ4v) is 1.36. The van der Waals surface area contributed by atoms with Crippen LogP contribution in [-0.2, 0) is 20.9 Å². The van der Waals surface area contributed by atoms with Gasteiger partial charge in [0.15, 0.2) is 6.61 Å². The topological polar surface area (TPSA) is 90.6 Å². The largest absolute Gasteiger partial charge is 0.482 e. The van der Waals surface area contributed by atoms with E-state index >= 15 is 0 Å². The summed E-state index contributed by atoms with van der Waals surface area (Å²) in [7, 11) is 1.30. The number of nitrogens with one attached hydrogen (secondary N) is 1. The van der Waals surface area contributed by atoms with Gasteiger partial charge in [0.1, 0.15) is 5.75 Å². The maximum absolute atomic E-state index is 11.6. The molecule has 118 valence electrons. The number of benzene rings is 1. The van der Waals surface area contributed by atoms with Crippen molar-refractivity contribution in [3.05, 3.63) is 29.8 Å². The minimum Gasteiger partial charge on any atom is -0.482 e. The monoisotopic (exact) mass is 316 g/mol. The Hall–Kier alpha value is -1.79. The van der Waals surface area contributed by atoms with E-state index < -0.39 is 11.5 Å². The lowest BCUT2D eigenvalue weighted by atomic mass is 10.1. The number of methoxy groups -OCH3 is 1. The van der Waals surface area contributed by atoms with Crippen molar-refractivity contribution in [1.29, 1.82) is 0 Å². The molecule has 6 nitrogen and oxygen atoms in total. The standard InChI is InChI=1S/C14H20N2O4.ClH/c1-14(2,15)13(18)16-8-10-5-4-6-11(7-10)20-9-12(17)19-3;/h4-7H,8-9,15H2,1-3H3,(H,16,18);1H. The van der Waals surface area contributed by atoms with Gasteiger partial charge in [0, 0.05) is 6.54 Å². The molecule has 1 amide bonds. The highest BCUT2D eigenvalue weighted by Crippen LogP contribution is 2.13. The van der Waals surface area contributed by atoms with E-state index in [1.54, 1.807) is 32.0 Å². The Bertz CT molecular complexity index is 486. The number of carbonyl (C=O) groups is 2. The van der Waals surface area contributed by atoms with E-state index in [9.17, 15) is 9.59 Å². The van der Waals surface area contributed by atoms with Crippen molar-refractivity contribution in [2.24, 2.45) is 5.73 Å². The van der Waals surface area contributed by atoms with Crippen LogP contribution in [0.1, 0.15) is 19.4 Å². The molecular formula is C14H21ClN2O4. The molecule has 0 aliphatic rings. The second-order valence-electron chi connectivity index (χ2n) is 4.92. The SMILES string of the molecule is COC(=O)COc1cccc(CNC(=O)C(C)(C)N)c1.Cl. The van der Waals surface area contributed by atoms with Gasteiger partial charge in [0.05, 0.1) is 12.6 Å².